The van der Waals surface area contributed by atoms with Gasteiger partial charge in [0.25, 0.3) is 0 Å². The van der Waals surface area contributed by atoms with Gasteiger partial charge in [0.1, 0.15) is 17.6 Å². The first-order valence-corrected chi connectivity index (χ1v) is 13.7. The monoisotopic (exact) mass is 588 g/mol. The molecule has 3 aromatic carbocycles. The van der Waals surface area contributed by atoms with Crippen molar-refractivity contribution in [1.29, 1.82) is 5.26 Å². The fourth-order valence-corrected chi connectivity index (χ4v) is 4.97. The number of rotatable bonds is 10. The van der Waals surface area contributed by atoms with Gasteiger partial charge in [-0.15, -0.1) is 5.10 Å². The van der Waals surface area contributed by atoms with Crippen molar-refractivity contribution in [1.82, 2.24) is 24.9 Å². The molecule has 0 aliphatic rings. The first-order valence-electron chi connectivity index (χ1n) is 12.9. The van der Waals surface area contributed by atoms with Crippen LogP contribution in [0, 0.1) is 17.1 Å². The molecule has 1 atom stereocenters. The second-order valence-electron chi connectivity index (χ2n) is 9.82. The van der Waals surface area contributed by atoms with Crippen molar-refractivity contribution in [3.8, 4) is 6.07 Å². The van der Waals surface area contributed by atoms with Crippen LogP contribution in [-0.2, 0) is 6.54 Å². The predicted molar refractivity (Wildman–Crippen MR) is 161 cm³/mol. The van der Waals surface area contributed by atoms with Crippen molar-refractivity contribution in [3.63, 3.8) is 0 Å². The summed E-state index contributed by atoms with van der Waals surface area (Å²) in [5.74, 6) is -0.534. The van der Waals surface area contributed by atoms with Gasteiger partial charge in [-0.3, -0.25) is 9.67 Å². The van der Waals surface area contributed by atoms with Crippen LogP contribution in [0.5, 0.6) is 0 Å². The van der Waals surface area contributed by atoms with Gasteiger partial charge in [-0.2, -0.15) is 5.26 Å². The molecule has 0 spiro atoms. The molecule has 0 bridgehead atoms. The zero-order valence-electron chi connectivity index (χ0n) is 22.4. The van der Waals surface area contributed by atoms with Crippen LogP contribution in [0.4, 0.5) is 21.5 Å². The fourth-order valence-electron chi connectivity index (χ4n) is 4.52. The molecule has 208 valence electrons. The number of aryl methyl sites for hydroxylation is 1. The van der Waals surface area contributed by atoms with E-state index in [4.69, 9.17) is 23.2 Å². The van der Waals surface area contributed by atoms with E-state index in [1.807, 2.05) is 61.4 Å². The van der Waals surface area contributed by atoms with Crippen LogP contribution in [0.25, 0.3) is 10.9 Å². The molecule has 5 aromatic rings. The van der Waals surface area contributed by atoms with Crippen molar-refractivity contribution in [3.05, 3.63) is 106 Å². The number of anilines is 3. The maximum absolute atomic E-state index is 13.8. The van der Waals surface area contributed by atoms with Gasteiger partial charge in [-0.1, -0.05) is 58.7 Å². The lowest BCUT2D eigenvalue weighted by Crippen LogP contribution is -2.15. The highest BCUT2D eigenvalue weighted by atomic mass is 35.5. The first-order chi connectivity index (χ1) is 19.8. The number of benzene rings is 3. The molecule has 2 N–H and O–H groups in total. The number of aromatic nitrogens is 4. The highest BCUT2D eigenvalue weighted by Crippen LogP contribution is 2.37. The molecule has 5 rings (SSSR count). The van der Waals surface area contributed by atoms with E-state index in [9.17, 15) is 9.65 Å². The Balaban J connectivity index is 1.53. The summed E-state index contributed by atoms with van der Waals surface area (Å²) >= 11 is 12.7. The Hall–Kier alpha value is -4.23. The summed E-state index contributed by atoms with van der Waals surface area (Å²) < 4.78 is 15.6. The second-order valence-corrected chi connectivity index (χ2v) is 10.6. The van der Waals surface area contributed by atoms with Crippen molar-refractivity contribution in [2.45, 2.75) is 19.0 Å². The summed E-state index contributed by atoms with van der Waals surface area (Å²) in [6.45, 7) is 1.70. The maximum Gasteiger partial charge on any atom is 0.141 e. The normalized spacial score (nSPS) is 11.9. The second kappa shape index (κ2) is 12.5. The minimum Gasteiger partial charge on any atom is -0.373 e. The van der Waals surface area contributed by atoms with Crippen LogP contribution in [0.3, 0.4) is 0 Å². The van der Waals surface area contributed by atoms with Gasteiger partial charge in [-0.25, -0.2) is 4.39 Å². The smallest absolute Gasteiger partial charge is 0.141 e. The number of hydrogen-bond acceptors (Lipinski definition) is 7. The van der Waals surface area contributed by atoms with E-state index < -0.39 is 5.82 Å². The zero-order chi connectivity index (χ0) is 28.9. The summed E-state index contributed by atoms with van der Waals surface area (Å²) in [4.78, 5) is 6.56. The van der Waals surface area contributed by atoms with Gasteiger partial charge in [0, 0.05) is 29.5 Å². The van der Waals surface area contributed by atoms with E-state index >= 15 is 0 Å². The number of hydrogen-bond donors (Lipinski definition) is 2. The predicted octanol–water partition coefficient (Wildman–Crippen LogP) is 7.04. The topological polar surface area (TPSA) is 94.7 Å². The first kappa shape index (κ1) is 28.3. The standard InChI is InChI=1S/C30H27Cl2FN8/c1-40(2)11-6-12-41-18-27(38-39-41)29(19-7-4-3-5-8-19)37-22-13-23-28(36-21-9-10-26(33)24(31)14-21)20(16-34)17-35-30(23)25(32)15-22/h3-5,7-10,13-15,17-18,29,37H,6,11-12H2,1-2H3,(H,35,36)/t29-/m0/s1. The van der Waals surface area contributed by atoms with Crippen LogP contribution in [0.2, 0.25) is 10.0 Å². The third kappa shape index (κ3) is 6.57. The largest absolute Gasteiger partial charge is 0.373 e. The third-order valence-electron chi connectivity index (χ3n) is 6.52. The van der Waals surface area contributed by atoms with Crippen molar-refractivity contribution in [2.75, 3.05) is 31.3 Å². The Kier molecular flexibility index (Phi) is 8.64. The summed E-state index contributed by atoms with van der Waals surface area (Å²) in [7, 11) is 4.09. The summed E-state index contributed by atoms with van der Waals surface area (Å²) in [5.41, 5.74) is 4.24. The number of pyridine rings is 1. The van der Waals surface area contributed by atoms with E-state index in [-0.39, 0.29) is 11.1 Å². The Bertz CT molecular complexity index is 1720. The lowest BCUT2D eigenvalue weighted by molar-refractivity contribution is 0.379. The van der Waals surface area contributed by atoms with Crippen molar-refractivity contribution < 1.29 is 4.39 Å². The number of nitrogens with zero attached hydrogens (tertiary/aromatic N) is 6. The summed E-state index contributed by atoms with van der Waals surface area (Å²) in [6.07, 6.45) is 4.35. The summed E-state index contributed by atoms with van der Waals surface area (Å²) in [5, 5.41) is 26.4. The SMILES string of the molecule is CN(C)CCCn1cc([C@@H](Nc2cc(Cl)c3ncc(C#N)c(Nc4ccc(F)c(Cl)c4)c3c2)c2ccccc2)nn1. The van der Waals surface area contributed by atoms with Crippen molar-refractivity contribution >= 4 is 51.2 Å². The van der Waals surface area contributed by atoms with Gasteiger partial charge in [0.05, 0.1) is 39.1 Å². The molecule has 2 heterocycles. The van der Waals surface area contributed by atoms with Gasteiger partial charge in [0.2, 0.25) is 0 Å². The molecule has 0 unspecified atom stereocenters. The third-order valence-corrected chi connectivity index (χ3v) is 7.10. The molecule has 0 aliphatic carbocycles. The molecule has 41 heavy (non-hydrogen) atoms. The van der Waals surface area contributed by atoms with Gasteiger partial charge >= 0.3 is 0 Å². The van der Waals surface area contributed by atoms with E-state index in [1.165, 1.54) is 18.3 Å². The molecule has 2 aromatic heterocycles. The molecule has 0 amide bonds. The van der Waals surface area contributed by atoms with Crippen LogP contribution >= 0.6 is 23.2 Å². The van der Waals surface area contributed by atoms with Crippen LogP contribution in [0.15, 0.2) is 73.1 Å². The molecule has 0 saturated heterocycles. The van der Waals surface area contributed by atoms with Gasteiger partial charge < -0.3 is 15.5 Å². The molecular weight excluding hydrogens is 562 g/mol. The molecule has 0 radical (unpaired) electrons. The quantitative estimate of drug-likeness (QED) is 0.180. The summed E-state index contributed by atoms with van der Waals surface area (Å²) in [6, 6.07) is 19.7. The zero-order valence-corrected chi connectivity index (χ0v) is 24.0. The Morgan fingerprint density at radius 2 is 1.83 bits per heavy atom. The Morgan fingerprint density at radius 3 is 2.56 bits per heavy atom. The number of nitriles is 1. The lowest BCUT2D eigenvalue weighted by atomic mass is 10.0. The van der Waals surface area contributed by atoms with Crippen LogP contribution in [-0.4, -0.2) is 45.5 Å². The molecule has 0 aliphatic heterocycles. The Labute approximate surface area is 247 Å². The van der Waals surface area contributed by atoms with Gasteiger partial charge in [0.15, 0.2) is 0 Å². The fraction of sp³-hybridized carbons (Fsp3) is 0.200. The average Bonchev–Trinajstić information content (AvgIpc) is 3.43. The molecule has 8 nitrogen and oxygen atoms in total. The molecular formula is C30H27Cl2FN8. The van der Waals surface area contributed by atoms with E-state index in [0.29, 0.717) is 38.6 Å². The number of fused-ring (bicyclic) bond motifs is 1. The Morgan fingerprint density at radius 1 is 1.05 bits per heavy atom. The highest BCUT2D eigenvalue weighted by molar-refractivity contribution is 6.36. The minimum absolute atomic E-state index is 0.0345. The average molecular weight is 590 g/mol. The maximum atomic E-state index is 13.8. The highest BCUT2D eigenvalue weighted by Gasteiger charge is 2.20. The van der Waals surface area contributed by atoms with Gasteiger partial charge in [-0.05, 0) is 63.0 Å². The molecule has 11 heteroatoms. The number of halogens is 3. The van der Waals surface area contributed by atoms with Crippen molar-refractivity contribution in [2.24, 2.45) is 0 Å². The molecule has 0 saturated carbocycles. The van der Waals surface area contributed by atoms with Crippen LogP contribution < -0.4 is 10.6 Å². The molecule has 0 fully saturated rings. The van der Waals surface area contributed by atoms with E-state index in [1.54, 1.807) is 12.1 Å². The van der Waals surface area contributed by atoms with E-state index in [2.05, 4.69) is 36.9 Å². The van der Waals surface area contributed by atoms with E-state index in [0.717, 1.165) is 30.8 Å². The lowest BCUT2D eigenvalue weighted by Gasteiger charge is -2.20. The number of nitrogens with one attached hydrogen (secondary N) is 2. The minimum atomic E-state index is -0.534. The van der Waals surface area contributed by atoms with Crippen LogP contribution in [0.1, 0.15) is 29.3 Å².